The van der Waals surface area contributed by atoms with Gasteiger partial charge < -0.3 is 14.4 Å². The monoisotopic (exact) mass is 401 g/mol. The second kappa shape index (κ2) is 9.30. The predicted molar refractivity (Wildman–Crippen MR) is 114 cm³/mol. The summed E-state index contributed by atoms with van der Waals surface area (Å²) in [6.07, 6.45) is 0. The van der Waals surface area contributed by atoms with E-state index in [2.05, 4.69) is 41.8 Å². The van der Waals surface area contributed by atoms with Crippen LogP contribution in [0, 0.1) is 19.3 Å². The summed E-state index contributed by atoms with van der Waals surface area (Å²) in [6, 6.07) is 11.7. The lowest BCUT2D eigenvalue weighted by Gasteiger charge is -2.36. The number of benzene rings is 2. The first-order valence-corrected chi connectivity index (χ1v) is 9.96. The first kappa shape index (κ1) is 20.5. The minimum atomic E-state index is 0.425. The van der Waals surface area contributed by atoms with E-state index in [1.807, 2.05) is 12.1 Å². The van der Waals surface area contributed by atoms with Gasteiger partial charge in [-0.2, -0.15) is 0 Å². The second-order valence-corrected chi connectivity index (χ2v) is 7.47. The maximum Gasteiger partial charge on any atom is 0.133 e. The van der Waals surface area contributed by atoms with Crippen molar-refractivity contribution in [3.63, 3.8) is 0 Å². The van der Waals surface area contributed by atoms with Gasteiger partial charge in [0.25, 0.3) is 0 Å². The van der Waals surface area contributed by atoms with Crippen molar-refractivity contribution in [2.24, 2.45) is 0 Å². The molecule has 0 atom stereocenters. The maximum absolute atomic E-state index is 8.59. The normalized spacial score (nSPS) is 14.8. The minimum Gasteiger partial charge on any atom is -0.496 e. The molecule has 0 aromatic heterocycles. The van der Waals surface area contributed by atoms with E-state index in [0.717, 1.165) is 38.5 Å². The standard InChI is InChI=1S/C22H28ClN3O2/c1-16-6-4-7-17(2)21(16)28-15-14-25-10-12-26(13-11-25)22(24)20-18(23)8-5-9-19(20)27-3/h4-9,24H,10-15H2,1-3H3. The minimum absolute atomic E-state index is 0.425. The van der Waals surface area contributed by atoms with Gasteiger partial charge in [-0.3, -0.25) is 10.3 Å². The molecule has 1 N–H and O–H groups in total. The first-order chi connectivity index (χ1) is 13.5. The van der Waals surface area contributed by atoms with Gasteiger partial charge in [-0.25, -0.2) is 0 Å². The fourth-order valence-electron chi connectivity index (χ4n) is 3.56. The molecule has 28 heavy (non-hydrogen) atoms. The zero-order valence-electron chi connectivity index (χ0n) is 16.8. The van der Waals surface area contributed by atoms with E-state index in [0.29, 0.717) is 28.8 Å². The van der Waals surface area contributed by atoms with Crippen molar-refractivity contribution in [1.82, 2.24) is 9.80 Å². The average molecular weight is 402 g/mol. The van der Waals surface area contributed by atoms with Gasteiger partial charge >= 0.3 is 0 Å². The van der Waals surface area contributed by atoms with Crippen LogP contribution in [0.25, 0.3) is 0 Å². The molecule has 1 saturated heterocycles. The van der Waals surface area contributed by atoms with Gasteiger partial charge in [0.15, 0.2) is 0 Å². The molecule has 1 aliphatic heterocycles. The lowest BCUT2D eigenvalue weighted by atomic mass is 10.1. The topological polar surface area (TPSA) is 48.8 Å². The van der Waals surface area contributed by atoms with E-state index < -0.39 is 0 Å². The summed E-state index contributed by atoms with van der Waals surface area (Å²) in [4.78, 5) is 4.44. The summed E-state index contributed by atoms with van der Waals surface area (Å²) in [6.45, 7) is 9.07. The van der Waals surface area contributed by atoms with Crippen LogP contribution in [-0.2, 0) is 0 Å². The third-order valence-electron chi connectivity index (χ3n) is 5.18. The maximum atomic E-state index is 8.59. The molecule has 0 bridgehead atoms. The molecule has 1 aliphatic rings. The fraction of sp³-hybridized carbons (Fsp3) is 0.409. The Morgan fingerprint density at radius 3 is 2.32 bits per heavy atom. The Kier molecular flexibility index (Phi) is 6.81. The molecule has 1 heterocycles. The molecule has 3 rings (SSSR count). The van der Waals surface area contributed by atoms with Gasteiger partial charge in [-0.05, 0) is 37.1 Å². The third kappa shape index (κ3) is 4.59. The molecule has 0 saturated carbocycles. The summed E-state index contributed by atoms with van der Waals surface area (Å²) < 4.78 is 11.4. The van der Waals surface area contributed by atoms with Gasteiger partial charge in [-0.15, -0.1) is 0 Å². The molecule has 2 aromatic carbocycles. The van der Waals surface area contributed by atoms with E-state index in [-0.39, 0.29) is 0 Å². The molecular formula is C22H28ClN3O2. The van der Waals surface area contributed by atoms with Gasteiger partial charge in [0, 0.05) is 32.7 Å². The largest absolute Gasteiger partial charge is 0.496 e. The van der Waals surface area contributed by atoms with E-state index in [9.17, 15) is 0 Å². The second-order valence-electron chi connectivity index (χ2n) is 7.06. The smallest absolute Gasteiger partial charge is 0.133 e. The Labute approximate surface area is 172 Å². The lowest BCUT2D eigenvalue weighted by molar-refractivity contribution is 0.153. The Morgan fingerprint density at radius 1 is 1.04 bits per heavy atom. The van der Waals surface area contributed by atoms with Crippen molar-refractivity contribution in [2.45, 2.75) is 13.8 Å². The molecule has 0 radical (unpaired) electrons. The molecule has 1 fully saturated rings. The van der Waals surface area contributed by atoms with Crippen molar-refractivity contribution < 1.29 is 9.47 Å². The average Bonchev–Trinajstić information content (AvgIpc) is 2.70. The molecule has 5 nitrogen and oxygen atoms in total. The van der Waals surface area contributed by atoms with Crippen LogP contribution in [0.4, 0.5) is 0 Å². The van der Waals surface area contributed by atoms with Crippen molar-refractivity contribution in [1.29, 1.82) is 5.41 Å². The van der Waals surface area contributed by atoms with Crippen molar-refractivity contribution in [3.05, 3.63) is 58.1 Å². The van der Waals surface area contributed by atoms with Gasteiger partial charge in [0.1, 0.15) is 23.9 Å². The van der Waals surface area contributed by atoms with E-state index >= 15 is 0 Å². The highest BCUT2D eigenvalue weighted by Gasteiger charge is 2.23. The number of rotatable bonds is 6. The summed E-state index contributed by atoms with van der Waals surface area (Å²) >= 11 is 6.33. The van der Waals surface area contributed by atoms with Crippen LogP contribution >= 0.6 is 11.6 Å². The van der Waals surface area contributed by atoms with Crippen molar-refractivity contribution in [2.75, 3.05) is 46.4 Å². The number of aryl methyl sites for hydroxylation is 2. The summed E-state index contributed by atoms with van der Waals surface area (Å²) in [7, 11) is 1.61. The number of piperazine rings is 1. The number of para-hydroxylation sites is 1. The zero-order chi connectivity index (χ0) is 20.1. The highest BCUT2D eigenvalue weighted by atomic mass is 35.5. The Hall–Kier alpha value is -2.24. The Morgan fingerprint density at radius 2 is 1.68 bits per heavy atom. The van der Waals surface area contributed by atoms with Gasteiger partial charge in [0.05, 0.1) is 17.7 Å². The molecule has 150 valence electrons. The molecular weight excluding hydrogens is 374 g/mol. The lowest BCUT2D eigenvalue weighted by Crippen LogP contribution is -2.49. The third-order valence-corrected chi connectivity index (χ3v) is 5.50. The van der Waals surface area contributed by atoms with Crippen LogP contribution in [0.1, 0.15) is 16.7 Å². The molecule has 2 aromatic rings. The predicted octanol–water partition coefficient (Wildman–Crippen LogP) is 3.99. The van der Waals surface area contributed by atoms with Gasteiger partial charge in [-0.1, -0.05) is 35.9 Å². The molecule has 0 unspecified atom stereocenters. The van der Waals surface area contributed by atoms with Gasteiger partial charge in [0.2, 0.25) is 0 Å². The van der Waals surface area contributed by atoms with Crippen LogP contribution < -0.4 is 9.47 Å². The number of ether oxygens (including phenoxy) is 2. The highest BCUT2D eigenvalue weighted by molar-refractivity contribution is 6.34. The molecule has 0 aliphatic carbocycles. The van der Waals surface area contributed by atoms with E-state index in [1.54, 1.807) is 13.2 Å². The summed E-state index contributed by atoms with van der Waals surface area (Å²) in [5, 5.41) is 9.14. The summed E-state index contributed by atoms with van der Waals surface area (Å²) in [5.41, 5.74) is 3.01. The number of nitrogens with one attached hydrogen (secondary N) is 1. The van der Waals surface area contributed by atoms with Crippen LogP contribution in [0.2, 0.25) is 5.02 Å². The molecule has 0 amide bonds. The fourth-order valence-corrected chi connectivity index (χ4v) is 3.82. The zero-order valence-corrected chi connectivity index (χ0v) is 17.6. The van der Waals surface area contributed by atoms with E-state index in [1.165, 1.54) is 11.1 Å². The first-order valence-electron chi connectivity index (χ1n) is 9.59. The van der Waals surface area contributed by atoms with Crippen LogP contribution in [-0.4, -0.2) is 62.1 Å². The van der Waals surface area contributed by atoms with E-state index in [4.69, 9.17) is 26.5 Å². The summed E-state index contributed by atoms with van der Waals surface area (Å²) in [5.74, 6) is 2.06. The number of nitrogens with zero attached hydrogens (tertiary/aromatic N) is 2. The van der Waals surface area contributed by atoms with Crippen LogP contribution in [0.15, 0.2) is 36.4 Å². The number of halogens is 1. The number of amidine groups is 1. The molecule has 6 heteroatoms. The van der Waals surface area contributed by atoms with Crippen LogP contribution in [0.3, 0.4) is 0 Å². The number of hydrogen-bond acceptors (Lipinski definition) is 4. The van der Waals surface area contributed by atoms with Crippen LogP contribution in [0.5, 0.6) is 11.5 Å². The van der Waals surface area contributed by atoms with Crippen molar-refractivity contribution >= 4 is 17.4 Å². The highest BCUT2D eigenvalue weighted by Crippen LogP contribution is 2.28. The molecule has 0 spiro atoms. The number of hydrogen-bond donors (Lipinski definition) is 1. The quantitative estimate of drug-likeness (QED) is 0.587. The Bertz CT molecular complexity index is 812. The van der Waals surface area contributed by atoms with Crippen molar-refractivity contribution in [3.8, 4) is 11.5 Å². The Balaban J connectivity index is 1.52. The number of methoxy groups -OCH3 is 1. The SMILES string of the molecule is COc1cccc(Cl)c1C(=N)N1CCN(CCOc2c(C)cccc2C)CC1.